The van der Waals surface area contributed by atoms with Gasteiger partial charge in [-0.2, -0.15) is 0 Å². The molecule has 0 aliphatic carbocycles. The van der Waals surface area contributed by atoms with Gasteiger partial charge in [-0.05, 0) is 0 Å². The van der Waals surface area contributed by atoms with Crippen molar-refractivity contribution in [3.05, 3.63) is 0 Å². The van der Waals surface area contributed by atoms with Crippen LogP contribution in [0.5, 0.6) is 0 Å². The van der Waals surface area contributed by atoms with Gasteiger partial charge in [0.15, 0.2) is 12.2 Å². The van der Waals surface area contributed by atoms with Gasteiger partial charge in [0.2, 0.25) is 0 Å². The van der Waals surface area contributed by atoms with E-state index in [9.17, 15) is 9.59 Å². The van der Waals surface area contributed by atoms with Gasteiger partial charge in [-0.3, -0.25) is 0 Å². The second-order valence-electron chi connectivity index (χ2n) is 5.03. The van der Waals surface area contributed by atoms with Crippen molar-refractivity contribution in [2.45, 2.75) is 48.8 Å². The van der Waals surface area contributed by atoms with Gasteiger partial charge < -0.3 is 61.3 Å². The van der Waals surface area contributed by atoms with Crippen LogP contribution >= 0.6 is 12.4 Å². The molecule has 16 heteroatoms. The van der Waals surface area contributed by atoms with Crippen molar-refractivity contribution in [2.24, 2.45) is 0 Å². The van der Waals surface area contributed by atoms with E-state index in [4.69, 9.17) is 61.3 Å². The third kappa shape index (κ3) is 12.2. The van der Waals surface area contributed by atoms with Gasteiger partial charge in [0.25, 0.3) is 0 Å². The minimum absolute atomic E-state index is 0. The molecule has 0 aromatic carbocycles. The molecule has 14 nitrogen and oxygen atoms in total. The molecule has 8 atom stereocenters. The topological polar surface area (TPSA) is 277 Å². The van der Waals surface area contributed by atoms with Gasteiger partial charge in [0.05, 0.1) is 13.2 Å². The Morgan fingerprint density at radius 3 is 0.929 bits per heavy atom. The summed E-state index contributed by atoms with van der Waals surface area (Å²) in [5.74, 6) is -3.45. The van der Waals surface area contributed by atoms with Crippen LogP contribution in [0.1, 0.15) is 0 Å². The monoisotopic (exact) mass is 550 g/mol. The van der Waals surface area contributed by atoms with Crippen molar-refractivity contribution in [3.8, 4) is 0 Å². The number of aliphatic hydroxyl groups excluding tert-OH is 10. The molecule has 0 bridgehead atoms. The number of aliphatic carboxylic acids is 2. The Hall–Kier alpha value is -0.371. The Kier molecular flexibility index (Phi) is 21.9. The molecule has 0 spiro atoms. The molecule has 12 N–H and O–H groups in total. The van der Waals surface area contributed by atoms with Crippen LogP contribution in [0.4, 0.5) is 0 Å². The van der Waals surface area contributed by atoms with Crippen LogP contribution < -0.4 is 0 Å². The number of aliphatic hydroxyl groups is 10. The Labute approximate surface area is 181 Å². The molecule has 170 valence electrons. The molecule has 0 amide bonds. The maximum atomic E-state index is 10.1. The van der Waals surface area contributed by atoms with Crippen LogP contribution in [0.25, 0.3) is 0 Å². The molecule has 0 aliphatic rings. The van der Waals surface area contributed by atoms with Crippen molar-refractivity contribution in [2.75, 3.05) is 13.2 Å². The molecule has 2 radical (unpaired) electrons. The van der Waals surface area contributed by atoms with Crippen LogP contribution in [0, 0.1) is 0 Å². The number of rotatable bonds is 10. The average Bonchev–Trinajstić information content (AvgIpc) is 2.62. The first-order valence-corrected chi connectivity index (χ1v) is 6.95. The fourth-order valence-corrected chi connectivity index (χ4v) is 1.34. The Morgan fingerprint density at radius 1 is 0.571 bits per heavy atom. The molecule has 0 aromatic heterocycles. The zero-order valence-corrected chi connectivity index (χ0v) is 19.2. The van der Waals surface area contributed by atoms with E-state index in [1.165, 1.54) is 0 Å². The average molecular weight is 549 g/mol. The standard InChI is InChI=1S/2C6H12O7.ClH.Sn.2H/c2*7-1-2(8)3(9)4(10)5(11)6(12)13;;;;/h2*2-5,7-11H,1H2,(H,12,13);1H;;;/t2*2-,3-,4+,5-;;;;/m11..../s1. The fourth-order valence-electron chi connectivity index (χ4n) is 1.34. The van der Waals surface area contributed by atoms with E-state index >= 15 is 0 Å². The molecule has 0 aromatic rings. The maximum absolute atomic E-state index is 10.1. The molecular weight excluding hydrogens is 522 g/mol. The summed E-state index contributed by atoms with van der Waals surface area (Å²) in [4.78, 5) is 20.2. The zero-order chi connectivity index (χ0) is 21.2. The summed E-state index contributed by atoms with van der Waals surface area (Å²) in [7, 11) is 0. The van der Waals surface area contributed by atoms with E-state index in [1.54, 1.807) is 0 Å². The van der Waals surface area contributed by atoms with Crippen LogP contribution in [0.2, 0.25) is 0 Å². The summed E-state index contributed by atoms with van der Waals surface area (Å²) >= 11 is 0. The molecule has 28 heavy (non-hydrogen) atoms. The van der Waals surface area contributed by atoms with Crippen molar-refractivity contribution < 1.29 is 70.9 Å². The first-order chi connectivity index (χ1) is 11.8. The van der Waals surface area contributed by atoms with E-state index < -0.39 is 74.0 Å². The zero-order valence-electron chi connectivity index (χ0n) is 14.3. The van der Waals surface area contributed by atoms with E-state index in [-0.39, 0.29) is 36.3 Å². The number of carboxylic acids is 2. The van der Waals surface area contributed by atoms with Crippen molar-refractivity contribution in [3.63, 3.8) is 0 Å². The predicted octanol–water partition coefficient (Wildman–Crippen LogP) is -7.48. The summed E-state index contributed by atoms with van der Waals surface area (Å²) in [6.07, 6.45) is -15.7. The van der Waals surface area contributed by atoms with Crippen LogP contribution in [-0.2, 0) is 9.59 Å². The normalized spacial score (nSPS) is 18.9. The Morgan fingerprint density at radius 2 is 0.786 bits per heavy atom. The number of carboxylic acid groups (broad SMARTS) is 2. The molecule has 0 unspecified atom stereocenters. The van der Waals surface area contributed by atoms with E-state index in [2.05, 4.69) is 0 Å². The molecule has 0 aliphatic heterocycles. The van der Waals surface area contributed by atoms with Gasteiger partial charge in [0.1, 0.15) is 36.6 Å². The van der Waals surface area contributed by atoms with Crippen molar-refractivity contribution in [1.29, 1.82) is 0 Å². The number of hydrogen-bond donors (Lipinski definition) is 12. The van der Waals surface area contributed by atoms with E-state index in [0.717, 1.165) is 0 Å². The van der Waals surface area contributed by atoms with E-state index in [1.807, 2.05) is 0 Å². The van der Waals surface area contributed by atoms with Crippen LogP contribution in [-0.4, -0.2) is 159 Å². The van der Waals surface area contributed by atoms with Crippen LogP contribution in [0.3, 0.4) is 0 Å². The van der Waals surface area contributed by atoms with Gasteiger partial charge in [-0.1, -0.05) is 0 Å². The molecule has 0 saturated carbocycles. The Bertz CT molecular complexity index is 391. The third-order valence-electron chi connectivity index (χ3n) is 3.02. The minimum atomic E-state index is -2.20. The third-order valence-corrected chi connectivity index (χ3v) is 3.02. The van der Waals surface area contributed by atoms with Gasteiger partial charge in [-0.25, -0.2) is 9.59 Å². The molecule has 0 fully saturated rings. The number of halogens is 1. The summed E-state index contributed by atoms with van der Waals surface area (Å²) < 4.78 is 0. The van der Waals surface area contributed by atoms with Gasteiger partial charge >= 0.3 is 35.8 Å². The molecular formula is C12H27ClO14Sn. The summed E-state index contributed by atoms with van der Waals surface area (Å²) in [6.45, 7) is -1.69. The summed E-state index contributed by atoms with van der Waals surface area (Å²) in [6, 6.07) is 0. The molecule has 0 heterocycles. The van der Waals surface area contributed by atoms with E-state index in [0.29, 0.717) is 0 Å². The number of carbonyl (C=O) groups is 2. The molecule has 0 rings (SSSR count). The van der Waals surface area contributed by atoms with Crippen LogP contribution in [0.15, 0.2) is 0 Å². The second-order valence-corrected chi connectivity index (χ2v) is 5.03. The fraction of sp³-hybridized carbons (Fsp3) is 0.833. The quantitative estimate of drug-likeness (QED) is 0.113. The van der Waals surface area contributed by atoms with Crippen molar-refractivity contribution in [1.82, 2.24) is 0 Å². The summed E-state index contributed by atoms with van der Waals surface area (Å²) in [5, 5.41) is 104. The van der Waals surface area contributed by atoms with Gasteiger partial charge in [0, 0.05) is 0 Å². The second kappa shape index (κ2) is 17.5. The SMILES string of the molecule is Cl.O=C(O)[C@H](O)[C@@H](O)[C@H](O)[C@H](O)CO.O=C(O)[C@H](O)[C@@H](O)[C@H](O)[C@H](O)CO.[SnH2]. The first-order valence-electron chi connectivity index (χ1n) is 6.95. The Balaban J connectivity index is -0.000000192. The van der Waals surface area contributed by atoms with Crippen molar-refractivity contribution >= 4 is 48.3 Å². The predicted molar refractivity (Wildman–Crippen MR) is 93.3 cm³/mol. The molecule has 0 saturated heterocycles. The summed E-state index contributed by atoms with van der Waals surface area (Å²) in [5.41, 5.74) is 0. The number of hydrogen-bond acceptors (Lipinski definition) is 12. The van der Waals surface area contributed by atoms with Gasteiger partial charge in [-0.15, -0.1) is 12.4 Å². The first kappa shape index (κ1) is 35.1.